The first-order valence-electron chi connectivity index (χ1n) is 10.9. The average molecular weight is 526 g/mol. The van der Waals surface area contributed by atoms with Crippen molar-refractivity contribution in [2.45, 2.75) is 32.1 Å². The SMILES string of the molecule is COc1ccc(/C=C/CCCCOc2ccc(N(S(C)(=O)=O)S(C)(=O)=O)cc2CCC(=O)O)cc1. The highest BCUT2D eigenvalue weighted by atomic mass is 32.3. The molecule has 0 unspecified atom stereocenters. The summed E-state index contributed by atoms with van der Waals surface area (Å²) in [5.41, 5.74) is 1.40. The van der Waals surface area contributed by atoms with Gasteiger partial charge in [0.05, 0.1) is 31.9 Å². The van der Waals surface area contributed by atoms with Crippen molar-refractivity contribution in [3.8, 4) is 11.5 Å². The Kier molecular flexibility index (Phi) is 10.1. The van der Waals surface area contributed by atoms with Crippen LogP contribution in [0.2, 0.25) is 0 Å². The minimum Gasteiger partial charge on any atom is -0.497 e. The van der Waals surface area contributed by atoms with Crippen molar-refractivity contribution in [3.05, 3.63) is 59.7 Å². The molecule has 192 valence electrons. The molecule has 0 atom stereocenters. The van der Waals surface area contributed by atoms with E-state index in [0.717, 1.165) is 43.1 Å². The summed E-state index contributed by atoms with van der Waals surface area (Å²) in [6.07, 6.45) is 7.97. The van der Waals surface area contributed by atoms with Crippen LogP contribution in [-0.4, -0.2) is 54.1 Å². The molecule has 0 aromatic heterocycles. The van der Waals surface area contributed by atoms with E-state index in [1.54, 1.807) is 7.11 Å². The number of allylic oxidation sites excluding steroid dienone is 1. The molecular weight excluding hydrogens is 494 g/mol. The van der Waals surface area contributed by atoms with E-state index in [1.165, 1.54) is 18.2 Å². The van der Waals surface area contributed by atoms with Gasteiger partial charge in [-0.15, -0.1) is 0 Å². The highest BCUT2D eigenvalue weighted by Gasteiger charge is 2.28. The molecule has 2 rings (SSSR count). The van der Waals surface area contributed by atoms with Crippen LogP contribution in [0.5, 0.6) is 11.5 Å². The number of sulfonamides is 2. The summed E-state index contributed by atoms with van der Waals surface area (Å²) in [5, 5.41) is 9.05. The second-order valence-corrected chi connectivity index (χ2v) is 11.8. The number of unbranched alkanes of at least 4 members (excludes halogenated alkanes) is 2. The number of rotatable bonds is 14. The number of carboxylic acid groups (broad SMARTS) is 1. The van der Waals surface area contributed by atoms with E-state index in [9.17, 15) is 21.6 Å². The molecule has 2 aromatic rings. The molecule has 11 heteroatoms. The van der Waals surface area contributed by atoms with Gasteiger partial charge in [-0.3, -0.25) is 4.79 Å². The summed E-state index contributed by atoms with van der Waals surface area (Å²) in [4.78, 5) is 11.1. The van der Waals surface area contributed by atoms with Crippen LogP contribution in [0.15, 0.2) is 48.5 Å². The maximum absolute atomic E-state index is 12.1. The third-order valence-corrected chi connectivity index (χ3v) is 8.17. The summed E-state index contributed by atoms with van der Waals surface area (Å²) < 4.78 is 59.5. The number of anilines is 1. The minimum atomic E-state index is -4.11. The van der Waals surface area contributed by atoms with Crippen molar-refractivity contribution in [1.82, 2.24) is 0 Å². The Labute approximate surface area is 207 Å². The van der Waals surface area contributed by atoms with Gasteiger partial charge in [-0.25, -0.2) is 16.8 Å². The first kappa shape index (κ1) is 28.2. The van der Waals surface area contributed by atoms with Crippen LogP contribution in [0.4, 0.5) is 5.69 Å². The lowest BCUT2D eigenvalue weighted by Gasteiger charge is -2.21. The quantitative estimate of drug-likeness (QED) is 0.370. The number of carbonyl (C=O) groups is 1. The lowest BCUT2D eigenvalue weighted by atomic mass is 10.1. The predicted molar refractivity (Wildman–Crippen MR) is 136 cm³/mol. The molecule has 0 fully saturated rings. The van der Waals surface area contributed by atoms with Gasteiger partial charge in [0.2, 0.25) is 20.0 Å². The van der Waals surface area contributed by atoms with Crippen LogP contribution in [0.25, 0.3) is 6.08 Å². The second-order valence-electron chi connectivity index (χ2n) is 7.93. The Bertz CT molecular complexity index is 1200. The number of aryl methyl sites for hydroxylation is 1. The molecule has 2 aromatic carbocycles. The number of hydrogen-bond donors (Lipinski definition) is 1. The van der Waals surface area contributed by atoms with Gasteiger partial charge in [-0.2, -0.15) is 3.71 Å². The van der Waals surface area contributed by atoms with Crippen molar-refractivity contribution in [3.63, 3.8) is 0 Å². The molecule has 0 amide bonds. The van der Waals surface area contributed by atoms with Crippen molar-refractivity contribution >= 4 is 37.8 Å². The fourth-order valence-electron chi connectivity index (χ4n) is 3.37. The van der Waals surface area contributed by atoms with Crippen LogP contribution in [0.1, 0.15) is 36.8 Å². The van der Waals surface area contributed by atoms with Gasteiger partial charge in [0.15, 0.2) is 0 Å². The number of hydrogen-bond acceptors (Lipinski definition) is 7. The van der Waals surface area contributed by atoms with E-state index in [0.29, 0.717) is 21.6 Å². The van der Waals surface area contributed by atoms with Gasteiger partial charge in [-0.1, -0.05) is 24.3 Å². The standard InChI is InChI=1S/C24H31NO8S2/c1-32-22-13-9-19(10-14-22)8-6-4-5-7-17-33-23-15-12-21(18-20(23)11-16-24(26)27)25(34(2,28)29)35(3,30)31/h6,8-10,12-15,18H,4-5,7,11,16-17H2,1-3H3,(H,26,27)/b8-6+. The Morgan fingerprint density at radius 2 is 1.66 bits per heavy atom. The third-order valence-electron chi connectivity index (χ3n) is 4.91. The maximum atomic E-state index is 12.1. The van der Waals surface area contributed by atoms with E-state index >= 15 is 0 Å². The van der Waals surface area contributed by atoms with Crippen LogP contribution in [0.3, 0.4) is 0 Å². The minimum absolute atomic E-state index is 0.0600. The van der Waals surface area contributed by atoms with Crippen molar-refractivity contribution in [2.75, 3.05) is 29.9 Å². The lowest BCUT2D eigenvalue weighted by molar-refractivity contribution is -0.136. The highest BCUT2D eigenvalue weighted by molar-refractivity contribution is 8.09. The number of carboxylic acids is 1. The number of aliphatic carboxylic acids is 1. The first-order valence-corrected chi connectivity index (χ1v) is 14.6. The summed E-state index contributed by atoms with van der Waals surface area (Å²) >= 11 is 0. The lowest BCUT2D eigenvalue weighted by Crippen LogP contribution is -2.35. The average Bonchev–Trinajstić information content (AvgIpc) is 2.76. The fourth-order valence-corrected chi connectivity index (χ4v) is 6.33. The molecule has 0 aliphatic heterocycles. The van der Waals surface area contributed by atoms with Gasteiger partial charge in [0.25, 0.3) is 0 Å². The van der Waals surface area contributed by atoms with Crippen LogP contribution in [0, 0.1) is 0 Å². The number of nitrogens with zero attached hydrogens (tertiary/aromatic N) is 1. The summed E-state index contributed by atoms with van der Waals surface area (Å²) in [6, 6.07) is 11.9. The monoisotopic (exact) mass is 525 g/mol. The molecule has 0 bridgehead atoms. The molecular formula is C24H31NO8S2. The number of methoxy groups -OCH3 is 1. The summed E-state index contributed by atoms with van der Waals surface area (Å²) in [6.45, 7) is 0.373. The summed E-state index contributed by atoms with van der Waals surface area (Å²) in [7, 11) is -6.61. The molecule has 0 aliphatic rings. The zero-order chi connectivity index (χ0) is 26.1. The molecule has 9 nitrogen and oxygen atoms in total. The highest BCUT2D eigenvalue weighted by Crippen LogP contribution is 2.29. The molecule has 0 aliphatic carbocycles. The van der Waals surface area contributed by atoms with Crippen molar-refractivity contribution in [2.24, 2.45) is 0 Å². The van der Waals surface area contributed by atoms with Crippen LogP contribution >= 0.6 is 0 Å². The molecule has 0 heterocycles. The van der Waals surface area contributed by atoms with Gasteiger partial charge >= 0.3 is 5.97 Å². The maximum Gasteiger partial charge on any atom is 0.303 e. The topological polar surface area (TPSA) is 127 Å². The van der Waals surface area contributed by atoms with Crippen LogP contribution < -0.4 is 13.2 Å². The predicted octanol–water partition coefficient (Wildman–Crippen LogP) is 3.70. The smallest absolute Gasteiger partial charge is 0.303 e. The Morgan fingerprint density at radius 3 is 2.23 bits per heavy atom. The van der Waals surface area contributed by atoms with Crippen molar-refractivity contribution < 1.29 is 36.2 Å². The van der Waals surface area contributed by atoms with E-state index in [2.05, 4.69) is 6.08 Å². The van der Waals surface area contributed by atoms with E-state index in [1.807, 2.05) is 30.3 Å². The molecule has 35 heavy (non-hydrogen) atoms. The van der Waals surface area contributed by atoms with Crippen molar-refractivity contribution in [1.29, 1.82) is 0 Å². The fraction of sp³-hybridized carbons (Fsp3) is 0.375. The number of benzene rings is 2. The Hall–Kier alpha value is -3.05. The van der Waals surface area contributed by atoms with E-state index in [4.69, 9.17) is 14.6 Å². The Balaban J connectivity index is 2.02. The van der Waals surface area contributed by atoms with E-state index < -0.39 is 26.0 Å². The first-order chi connectivity index (χ1) is 16.4. The zero-order valence-electron chi connectivity index (χ0n) is 20.0. The molecule has 1 N–H and O–H groups in total. The van der Waals surface area contributed by atoms with Gasteiger partial charge < -0.3 is 14.6 Å². The molecule has 0 saturated carbocycles. The molecule has 0 spiro atoms. The number of ether oxygens (including phenoxy) is 2. The summed E-state index contributed by atoms with van der Waals surface area (Å²) in [5.74, 6) is 0.161. The normalized spacial score (nSPS) is 12.0. The van der Waals surface area contributed by atoms with Gasteiger partial charge in [-0.05, 0) is 67.1 Å². The van der Waals surface area contributed by atoms with Gasteiger partial charge in [0.1, 0.15) is 11.5 Å². The van der Waals surface area contributed by atoms with E-state index in [-0.39, 0.29) is 18.5 Å². The molecule has 0 radical (unpaired) electrons. The van der Waals surface area contributed by atoms with Gasteiger partial charge in [0, 0.05) is 6.42 Å². The largest absolute Gasteiger partial charge is 0.497 e. The zero-order valence-corrected chi connectivity index (χ0v) is 21.6. The second kappa shape index (κ2) is 12.6. The van der Waals surface area contributed by atoms with Crippen LogP contribution in [-0.2, 0) is 31.3 Å². The Morgan fingerprint density at radius 1 is 1.00 bits per heavy atom. The molecule has 0 saturated heterocycles. The third kappa shape index (κ3) is 9.25.